The van der Waals surface area contributed by atoms with E-state index in [-0.39, 0.29) is 17.9 Å². The van der Waals surface area contributed by atoms with Gasteiger partial charge < -0.3 is 11.1 Å². The Morgan fingerprint density at radius 1 is 1.44 bits per heavy atom. The summed E-state index contributed by atoms with van der Waals surface area (Å²) in [4.78, 5) is 11.7. The van der Waals surface area contributed by atoms with Gasteiger partial charge in [-0.3, -0.25) is 4.79 Å². The molecule has 0 spiro atoms. The van der Waals surface area contributed by atoms with E-state index in [1.807, 2.05) is 19.9 Å². The van der Waals surface area contributed by atoms with Crippen LogP contribution in [0.1, 0.15) is 49.4 Å². The summed E-state index contributed by atoms with van der Waals surface area (Å²) in [6.45, 7) is 7.96. The first-order chi connectivity index (χ1) is 8.34. The maximum absolute atomic E-state index is 11.7. The van der Waals surface area contributed by atoms with Crippen molar-refractivity contribution in [3.8, 4) is 0 Å². The Morgan fingerprint density at radius 2 is 2.06 bits per heavy atom. The summed E-state index contributed by atoms with van der Waals surface area (Å²) < 4.78 is 0. The number of carbonyl (C=O) groups is 1. The zero-order valence-corrected chi connectivity index (χ0v) is 11.9. The second-order valence-electron chi connectivity index (χ2n) is 5.35. The highest BCUT2D eigenvalue weighted by molar-refractivity contribution is 6.33. The first-order valence-corrected chi connectivity index (χ1v) is 6.61. The molecule has 1 aliphatic rings. The standard InChI is InChI=1S/C14H19ClN2O/c1-6(2)12(16)10-5-9-7(3)14(18)17-13(9)8(4)11(10)15/h5-7,12H,16H2,1-4H3,(H,17,18). The van der Waals surface area contributed by atoms with Crippen LogP contribution in [-0.4, -0.2) is 5.91 Å². The summed E-state index contributed by atoms with van der Waals surface area (Å²) in [6, 6.07) is 1.88. The van der Waals surface area contributed by atoms with Crippen LogP contribution in [0.2, 0.25) is 5.02 Å². The van der Waals surface area contributed by atoms with Crippen molar-refractivity contribution in [2.75, 3.05) is 5.32 Å². The molecule has 0 fully saturated rings. The van der Waals surface area contributed by atoms with Crippen LogP contribution in [0.5, 0.6) is 0 Å². The number of fused-ring (bicyclic) bond motifs is 1. The van der Waals surface area contributed by atoms with Crippen molar-refractivity contribution in [3.05, 3.63) is 27.8 Å². The van der Waals surface area contributed by atoms with Crippen molar-refractivity contribution in [2.45, 2.75) is 39.7 Å². The van der Waals surface area contributed by atoms with Gasteiger partial charge >= 0.3 is 0 Å². The third-order valence-electron chi connectivity index (χ3n) is 3.74. The molecule has 1 aliphatic heterocycles. The van der Waals surface area contributed by atoms with E-state index in [9.17, 15) is 4.79 Å². The molecule has 98 valence electrons. The highest BCUT2D eigenvalue weighted by Gasteiger charge is 2.31. The molecular weight excluding hydrogens is 248 g/mol. The highest BCUT2D eigenvalue weighted by atomic mass is 35.5. The lowest BCUT2D eigenvalue weighted by molar-refractivity contribution is -0.116. The summed E-state index contributed by atoms with van der Waals surface area (Å²) >= 11 is 6.38. The SMILES string of the molecule is Cc1c(Cl)c(C(N)C(C)C)cc2c1NC(=O)C2C. The van der Waals surface area contributed by atoms with Gasteiger partial charge in [-0.05, 0) is 42.5 Å². The number of nitrogens with one attached hydrogen (secondary N) is 1. The van der Waals surface area contributed by atoms with Crippen LogP contribution in [0.4, 0.5) is 5.69 Å². The monoisotopic (exact) mass is 266 g/mol. The third-order valence-corrected chi connectivity index (χ3v) is 4.24. The first kappa shape index (κ1) is 13.4. The fourth-order valence-corrected chi connectivity index (χ4v) is 2.60. The largest absolute Gasteiger partial charge is 0.325 e. The first-order valence-electron chi connectivity index (χ1n) is 6.24. The predicted molar refractivity (Wildman–Crippen MR) is 75.0 cm³/mol. The van der Waals surface area contributed by atoms with Crippen LogP contribution in [-0.2, 0) is 4.79 Å². The maximum Gasteiger partial charge on any atom is 0.231 e. The smallest absolute Gasteiger partial charge is 0.231 e. The molecular formula is C14H19ClN2O. The van der Waals surface area contributed by atoms with Gasteiger partial charge in [0.05, 0.1) is 10.9 Å². The fourth-order valence-electron chi connectivity index (χ4n) is 2.33. The average molecular weight is 267 g/mol. The molecule has 1 heterocycles. The topological polar surface area (TPSA) is 55.1 Å². The van der Waals surface area contributed by atoms with Gasteiger partial charge in [0.15, 0.2) is 0 Å². The second kappa shape index (κ2) is 4.56. The van der Waals surface area contributed by atoms with Gasteiger partial charge in [-0.2, -0.15) is 0 Å². The van der Waals surface area contributed by atoms with Crippen LogP contribution in [0.15, 0.2) is 6.07 Å². The number of halogens is 1. The molecule has 1 aromatic carbocycles. The lowest BCUT2D eigenvalue weighted by atomic mass is 9.90. The van der Waals surface area contributed by atoms with Gasteiger partial charge in [0, 0.05) is 11.7 Å². The summed E-state index contributed by atoms with van der Waals surface area (Å²) in [5.41, 5.74) is 9.91. The van der Waals surface area contributed by atoms with Crippen molar-refractivity contribution >= 4 is 23.2 Å². The van der Waals surface area contributed by atoms with Crippen LogP contribution < -0.4 is 11.1 Å². The van der Waals surface area contributed by atoms with Gasteiger partial charge in [0.25, 0.3) is 0 Å². The Kier molecular flexibility index (Phi) is 3.39. The second-order valence-corrected chi connectivity index (χ2v) is 5.73. The van der Waals surface area contributed by atoms with Crippen LogP contribution in [0.25, 0.3) is 0 Å². The number of anilines is 1. The molecule has 18 heavy (non-hydrogen) atoms. The molecule has 3 N–H and O–H groups in total. The average Bonchev–Trinajstić information content (AvgIpc) is 2.60. The zero-order chi connectivity index (χ0) is 13.6. The third kappa shape index (κ3) is 1.91. The molecule has 1 amide bonds. The van der Waals surface area contributed by atoms with E-state index in [0.29, 0.717) is 10.9 Å². The summed E-state index contributed by atoms with van der Waals surface area (Å²) in [5.74, 6) is 0.203. The van der Waals surface area contributed by atoms with Gasteiger partial charge in [-0.1, -0.05) is 25.4 Å². The summed E-state index contributed by atoms with van der Waals surface area (Å²) in [6.07, 6.45) is 0. The number of rotatable bonds is 2. The molecule has 4 heteroatoms. The van der Waals surface area contributed by atoms with Gasteiger partial charge in [-0.15, -0.1) is 0 Å². The van der Waals surface area contributed by atoms with Crippen molar-refractivity contribution in [1.82, 2.24) is 0 Å². The number of hydrogen-bond acceptors (Lipinski definition) is 2. The van der Waals surface area contributed by atoms with Gasteiger partial charge in [0.2, 0.25) is 5.91 Å². The molecule has 0 radical (unpaired) electrons. The molecule has 2 atom stereocenters. The lowest BCUT2D eigenvalue weighted by Crippen LogP contribution is -2.18. The van der Waals surface area contributed by atoms with Gasteiger partial charge in [-0.25, -0.2) is 0 Å². The molecule has 0 saturated heterocycles. The number of amides is 1. The van der Waals surface area contributed by atoms with E-state index in [1.165, 1.54) is 0 Å². The van der Waals surface area contributed by atoms with Crippen molar-refractivity contribution < 1.29 is 4.79 Å². The minimum Gasteiger partial charge on any atom is -0.325 e. The molecule has 0 aliphatic carbocycles. The van der Waals surface area contributed by atoms with Crippen molar-refractivity contribution in [1.29, 1.82) is 0 Å². The van der Waals surface area contributed by atoms with Crippen LogP contribution >= 0.6 is 11.6 Å². The lowest BCUT2D eigenvalue weighted by Gasteiger charge is -2.20. The predicted octanol–water partition coefficient (Wildman–Crippen LogP) is 3.36. The molecule has 2 rings (SSSR count). The van der Waals surface area contributed by atoms with Crippen molar-refractivity contribution in [3.63, 3.8) is 0 Å². The quantitative estimate of drug-likeness (QED) is 0.862. The Bertz CT molecular complexity index is 511. The number of carbonyl (C=O) groups excluding carboxylic acids is 1. The Morgan fingerprint density at radius 3 is 2.61 bits per heavy atom. The Balaban J connectivity index is 2.60. The molecule has 0 saturated carbocycles. The normalized spacial score (nSPS) is 19.9. The molecule has 2 unspecified atom stereocenters. The fraction of sp³-hybridized carbons (Fsp3) is 0.500. The highest BCUT2D eigenvalue weighted by Crippen LogP contribution is 2.42. The Labute approximate surface area is 113 Å². The summed E-state index contributed by atoms with van der Waals surface area (Å²) in [5, 5.41) is 3.56. The molecule has 0 aromatic heterocycles. The van der Waals surface area contributed by atoms with E-state index in [4.69, 9.17) is 17.3 Å². The maximum atomic E-state index is 11.7. The number of hydrogen-bond donors (Lipinski definition) is 2. The van der Waals surface area contributed by atoms with Crippen molar-refractivity contribution in [2.24, 2.45) is 11.7 Å². The number of benzene rings is 1. The van der Waals surface area contributed by atoms with E-state index in [0.717, 1.165) is 22.4 Å². The minimum atomic E-state index is -0.130. The van der Waals surface area contributed by atoms with Crippen LogP contribution in [0, 0.1) is 12.8 Å². The van der Waals surface area contributed by atoms with Gasteiger partial charge in [0.1, 0.15) is 0 Å². The van der Waals surface area contributed by atoms with E-state index >= 15 is 0 Å². The number of nitrogens with two attached hydrogens (primary N) is 1. The van der Waals surface area contributed by atoms with Crippen LogP contribution in [0.3, 0.4) is 0 Å². The molecule has 1 aromatic rings. The van der Waals surface area contributed by atoms with E-state index in [1.54, 1.807) is 0 Å². The Hall–Kier alpha value is -1.06. The minimum absolute atomic E-state index is 0.0273. The molecule has 0 bridgehead atoms. The summed E-state index contributed by atoms with van der Waals surface area (Å²) in [7, 11) is 0. The zero-order valence-electron chi connectivity index (χ0n) is 11.2. The van der Waals surface area contributed by atoms with E-state index < -0.39 is 0 Å². The molecule has 3 nitrogen and oxygen atoms in total. The van der Waals surface area contributed by atoms with E-state index in [2.05, 4.69) is 19.2 Å².